The minimum Gasteiger partial charge on any atom is -0.300 e. The first-order valence-electron chi connectivity index (χ1n) is 4.12. The van der Waals surface area contributed by atoms with Crippen LogP contribution in [-0.2, 0) is 14.7 Å². The van der Waals surface area contributed by atoms with Crippen molar-refractivity contribution in [1.82, 2.24) is 0 Å². The molecule has 1 aliphatic rings. The quantitative estimate of drug-likeness (QED) is 0.837. The Morgan fingerprint density at radius 1 is 1.40 bits per heavy atom. The second-order valence-electron chi connectivity index (χ2n) is 3.11. The molecule has 6 heteroatoms. The number of sulfone groups is 1. The Kier molecular flexibility index (Phi) is 2.68. The average Bonchev–Trinajstić information content (AvgIpc) is 2.41. The lowest BCUT2D eigenvalue weighted by Gasteiger charge is -2.04. The van der Waals surface area contributed by atoms with Crippen molar-refractivity contribution in [2.24, 2.45) is 5.90 Å². The van der Waals surface area contributed by atoms with Gasteiger partial charge in [0.2, 0.25) is 9.84 Å². The normalized spacial score (nSPS) is 17.3. The monoisotopic (exact) mass is 289 g/mol. The van der Waals surface area contributed by atoms with Crippen molar-refractivity contribution >= 4 is 31.3 Å². The highest BCUT2D eigenvalue weighted by Gasteiger charge is 2.28. The Bertz CT molecular complexity index is 536. The molecule has 0 aromatic heterocycles. The molecule has 0 bridgehead atoms. The van der Waals surface area contributed by atoms with Crippen LogP contribution in [0.2, 0.25) is 0 Å². The van der Waals surface area contributed by atoms with E-state index in [4.69, 9.17) is 5.90 Å². The van der Waals surface area contributed by atoms with Crippen molar-refractivity contribution in [1.29, 1.82) is 0 Å². The molecule has 0 saturated heterocycles. The number of fused-ring (bicyclic) bond motifs is 1. The van der Waals surface area contributed by atoms with E-state index in [0.717, 1.165) is 4.47 Å². The van der Waals surface area contributed by atoms with Crippen molar-refractivity contribution in [3.05, 3.63) is 33.6 Å². The van der Waals surface area contributed by atoms with Crippen molar-refractivity contribution in [2.45, 2.75) is 4.90 Å². The van der Waals surface area contributed by atoms with Crippen molar-refractivity contribution < 1.29 is 13.3 Å². The summed E-state index contributed by atoms with van der Waals surface area (Å²) >= 11 is 3.31. The van der Waals surface area contributed by atoms with Crippen LogP contribution in [0.3, 0.4) is 0 Å². The van der Waals surface area contributed by atoms with Gasteiger partial charge in [0.25, 0.3) is 0 Å². The van der Waals surface area contributed by atoms with Gasteiger partial charge in [-0.3, -0.25) is 4.84 Å². The summed E-state index contributed by atoms with van der Waals surface area (Å²) in [6.45, 7) is 0.0782. The predicted molar refractivity (Wildman–Crippen MR) is 59.4 cm³/mol. The molecule has 1 heterocycles. The Morgan fingerprint density at radius 3 is 2.80 bits per heavy atom. The fourth-order valence-electron chi connectivity index (χ4n) is 1.56. The molecule has 1 aromatic rings. The van der Waals surface area contributed by atoms with Gasteiger partial charge in [0.15, 0.2) is 0 Å². The summed E-state index contributed by atoms with van der Waals surface area (Å²) in [4.78, 5) is 4.77. The largest absolute Gasteiger partial charge is 0.300 e. The Balaban J connectivity index is 2.69. The minimum atomic E-state index is -3.33. The highest BCUT2D eigenvalue weighted by molar-refractivity contribution is 9.10. The summed E-state index contributed by atoms with van der Waals surface area (Å²) in [5, 5.41) is 1.19. The molecule has 15 heavy (non-hydrogen) atoms. The zero-order valence-corrected chi connectivity index (χ0v) is 10.0. The average molecular weight is 290 g/mol. The summed E-state index contributed by atoms with van der Waals surface area (Å²) < 4.78 is 24.1. The van der Waals surface area contributed by atoms with E-state index in [9.17, 15) is 8.42 Å². The number of halogens is 1. The van der Waals surface area contributed by atoms with Gasteiger partial charge < -0.3 is 0 Å². The number of nitrogens with two attached hydrogens (primary N) is 1. The summed E-state index contributed by atoms with van der Waals surface area (Å²) in [6, 6.07) is 5.03. The zero-order chi connectivity index (χ0) is 11.1. The Labute approximate surface area is 95.7 Å². The lowest BCUT2D eigenvalue weighted by molar-refractivity contribution is 0.173. The van der Waals surface area contributed by atoms with Crippen LogP contribution in [0.25, 0.3) is 5.57 Å². The fraction of sp³-hybridized carbons (Fsp3) is 0.111. The topological polar surface area (TPSA) is 69.4 Å². The van der Waals surface area contributed by atoms with Crippen LogP contribution in [0.15, 0.2) is 33.0 Å². The van der Waals surface area contributed by atoms with Gasteiger partial charge in [0, 0.05) is 21.0 Å². The fourth-order valence-corrected chi connectivity index (χ4v) is 3.79. The molecule has 0 atom stereocenters. The molecule has 1 aliphatic heterocycles. The van der Waals surface area contributed by atoms with Crippen LogP contribution in [0.5, 0.6) is 0 Å². The van der Waals surface area contributed by atoms with Gasteiger partial charge in [0.05, 0.1) is 11.5 Å². The molecule has 0 saturated carbocycles. The summed E-state index contributed by atoms with van der Waals surface area (Å²) in [5.41, 5.74) is 1.21. The maximum absolute atomic E-state index is 11.7. The molecule has 2 N–H and O–H groups in total. The third kappa shape index (κ3) is 1.74. The van der Waals surface area contributed by atoms with Gasteiger partial charge >= 0.3 is 0 Å². The van der Waals surface area contributed by atoms with E-state index >= 15 is 0 Å². The molecule has 0 spiro atoms. The highest BCUT2D eigenvalue weighted by Crippen LogP contribution is 2.37. The van der Waals surface area contributed by atoms with Crippen molar-refractivity contribution in [3.8, 4) is 0 Å². The Morgan fingerprint density at radius 2 is 2.13 bits per heavy atom. The van der Waals surface area contributed by atoms with E-state index in [2.05, 4.69) is 20.8 Å². The maximum atomic E-state index is 11.7. The molecule has 1 aromatic carbocycles. The lowest BCUT2D eigenvalue weighted by Crippen LogP contribution is -2.02. The molecule has 0 aliphatic carbocycles. The van der Waals surface area contributed by atoms with E-state index in [1.54, 1.807) is 18.2 Å². The van der Waals surface area contributed by atoms with Crippen LogP contribution in [0.4, 0.5) is 0 Å². The lowest BCUT2D eigenvalue weighted by atomic mass is 10.1. The van der Waals surface area contributed by atoms with Gasteiger partial charge in [-0.15, -0.1) is 0 Å². The molecule has 0 radical (unpaired) electrons. The first-order chi connectivity index (χ1) is 7.06. The molecular weight excluding hydrogens is 282 g/mol. The first-order valence-corrected chi connectivity index (χ1v) is 6.46. The maximum Gasteiger partial charge on any atom is 0.200 e. The van der Waals surface area contributed by atoms with E-state index in [-0.39, 0.29) is 6.61 Å². The standard InChI is InChI=1S/C9H8BrNO3S/c10-7-2-1-3-8-9(7)6(4-14-11)5-15(8,12)13/h1-3,5H,4,11H2. The van der Waals surface area contributed by atoms with Crippen LogP contribution >= 0.6 is 15.9 Å². The number of hydrogen-bond acceptors (Lipinski definition) is 4. The minimum absolute atomic E-state index is 0.0782. The zero-order valence-electron chi connectivity index (χ0n) is 7.60. The van der Waals surface area contributed by atoms with E-state index in [1.165, 1.54) is 5.41 Å². The number of benzene rings is 1. The van der Waals surface area contributed by atoms with Gasteiger partial charge in [0.1, 0.15) is 0 Å². The molecule has 4 nitrogen and oxygen atoms in total. The van der Waals surface area contributed by atoms with Crippen LogP contribution in [0, 0.1) is 0 Å². The van der Waals surface area contributed by atoms with E-state index in [1.807, 2.05) is 0 Å². The second-order valence-corrected chi connectivity index (χ2v) is 5.73. The molecule has 2 rings (SSSR count). The Hall–Kier alpha value is -0.690. The van der Waals surface area contributed by atoms with Crippen molar-refractivity contribution in [2.75, 3.05) is 6.61 Å². The smallest absolute Gasteiger partial charge is 0.200 e. The number of rotatable bonds is 2. The van der Waals surface area contributed by atoms with Crippen molar-refractivity contribution in [3.63, 3.8) is 0 Å². The highest BCUT2D eigenvalue weighted by atomic mass is 79.9. The van der Waals surface area contributed by atoms with Crippen LogP contribution < -0.4 is 5.90 Å². The molecular formula is C9H8BrNO3S. The van der Waals surface area contributed by atoms with E-state index < -0.39 is 9.84 Å². The van der Waals surface area contributed by atoms with Gasteiger partial charge in [-0.05, 0) is 12.1 Å². The van der Waals surface area contributed by atoms with Gasteiger partial charge in [-0.2, -0.15) is 0 Å². The summed E-state index contributed by atoms with van der Waals surface area (Å²) in [5.74, 6) is 4.95. The van der Waals surface area contributed by atoms with Gasteiger partial charge in [-0.25, -0.2) is 14.3 Å². The third-order valence-electron chi connectivity index (χ3n) is 2.14. The SMILES string of the molecule is NOCC1=CS(=O)(=O)c2cccc(Br)c21. The molecule has 0 fully saturated rings. The van der Waals surface area contributed by atoms with Crippen LogP contribution in [-0.4, -0.2) is 15.0 Å². The molecule has 0 amide bonds. The van der Waals surface area contributed by atoms with Crippen LogP contribution in [0.1, 0.15) is 5.56 Å². The molecule has 80 valence electrons. The van der Waals surface area contributed by atoms with E-state index in [0.29, 0.717) is 16.0 Å². The summed E-state index contributed by atoms with van der Waals surface area (Å²) in [7, 11) is -3.33. The number of hydrogen-bond donors (Lipinski definition) is 1. The first kappa shape index (κ1) is 10.8. The predicted octanol–water partition coefficient (Wildman–Crippen LogP) is 1.47. The summed E-state index contributed by atoms with van der Waals surface area (Å²) in [6.07, 6.45) is 0. The molecule has 0 unspecified atom stereocenters. The second kappa shape index (κ2) is 3.71. The van der Waals surface area contributed by atoms with Gasteiger partial charge in [-0.1, -0.05) is 22.0 Å². The third-order valence-corrected chi connectivity index (χ3v) is 4.35.